The largest absolute Gasteiger partial charge is 0.507 e. The van der Waals surface area contributed by atoms with E-state index in [2.05, 4.69) is 31.9 Å². The van der Waals surface area contributed by atoms with Crippen LogP contribution in [0, 0.1) is 0 Å². The van der Waals surface area contributed by atoms with Crippen molar-refractivity contribution in [3.8, 4) is 11.5 Å². The van der Waals surface area contributed by atoms with Crippen LogP contribution < -0.4 is 0 Å². The van der Waals surface area contributed by atoms with E-state index in [-0.39, 0.29) is 17.1 Å². The van der Waals surface area contributed by atoms with Crippen LogP contribution in [0.3, 0.4) is 0 Å². The molecule has 0 aliphatic rings. The highest BCUT2D eigenvalue weighted by atomic mass is 79.9. The van der Waals surface area contributed by atoms with Gasteiger partial charge < -0.3 is 29.9 Å². The molecule has 0 aliphatic heterocycles. The molecule has 0 aromatic heterocycles. The third-order valence-corrected chi connectivity index (χ3v) is 5.64. The summed E-state index contributed by atoms with van der Waals surface area (Å²) < 4.78 is 6.39. The summed E-state index contributed by atoms with van der Waals surface area (Å²) in [6, 6.07) is 6.81. The molecule has 1 atom stereocenters. The van der Waals surface area contributed by atoms with Gasteiger partial charge in [-0.2, -0.15) is 0 Å². The average molecular weight is 546 g/mol. The zero-order chi connectivity index (χ0) is 22.4. The number of hydrogen-bond donors (Lipinski definition) is 3. The first-order valence-electron chi connectivity index (χ1n) is 9.22. The molecule has 0 spiro atoms. The number of aromatic hydroxyl groups is 2. The predicted octanol–water partition coefficient (Wildman–Crippen LogP) is 3.64. The van der Waals surface area contributed by atoms with Crippen molar-refractivity contribution in [3.05, 3.63) is 55.5 Å². The highest BCUT2D eigenvalue weighted by Crippen LogP contribution is 2.33. The lowest BCUT2D eigenvalue weighted by Crippen LogP contribution is -2.30. The molecule has 0 aliphatic carbocycles. The fourth-order valence-corrected chi connectivity index (χ4v) is 4.13. The van der Waals surface area contributed by atoms with E-state index >= 15 is 0 Å². The lowest BCUT2D eigenvalue weighted by Gasteiger charge is -2.24. The van der Waals surface area contributed by atoms with Crippen molar-refractivity contribution in [2.45, 2.75) is 19.4 Å². The highest BCUT2D eigenvalue weighted by molar-refractivity contribution is 9.10. The maximum absolute atomic E-state index is 11.1. The first kappa shape index (κ1) is 24.8. The van der Waals surface area contributed by atoms with E-state index in [0.29, 0.717) is 49.2 Å². The van der Waals surface area contributed by atoms with E-state index in [1.54, 1.807) is 18.2 Å². The van der Waals surface area contributed by atoms with Gasteiger partial charge in [-0.15, -0.1) is 0 Å². The zero-order valence-electron chi connectivity index (χ0n) is 17.1. The van der Waals surface area contributed by atoms with Crippen LogP contribution in [-0.2, 0) is 17.8 Å². The van der Waals surface area contributed by atoms with Crippen molar-refractivity contribution >= 4 is 38.1 Å². The summed E-state index contributed by atoms with van der Waals surface area (Å²) in [7, 11) is 5.23. The van der Waals surface area contributed by atoms with Gasteiger partial charge in [-0.25, -0.2) is 0 Å². The monoisotopic (exact) mass is 544 g/mol. The van der Waals surface area contributed by atoms with Gasteiger partial charge in [-0.05, 0) is 38.4 Å². The Hall–Kier alpha value is -1.49. The molecule has 164 valence electrons. The van der Waals surface area contributed by atoms with Crippen LogP contribution in [0.25, 0.3) is 0 Å². The third kappa shape index (κ3) is 6.50. The molecule has 9 heteroatoms. The molecule has 7 nitrogen and oxygen atoms in total. The standard InChI is InChI=1S/C21H26Br2N2O5/c1-24(10-13-6-16(22)8-15(12-26)19(13)27)4-5-25(2)11-14-7-17(23)9-18(20(14)28)21(29)30-3/h6-9,12,21,27-29H,4-5,10-11H2,1-3H3. The molecule has 0 radical (unpaired) electrons. The number of aldehydes is 1. The summed E-state index contributed by atoms with van der Waals surface area (Å²) in [4.78, 5) is 15.2. The van der Waals surface area contributed by atoms with Crippen molar-refractivity contribution in [1.29, 1.82) is 0 Å². The van der Waals surface area contributed by atoms with E-state index in [1.165, 1.54) is 7.11 Å². The van der Waals surface area contributed by atoms with Gasteiger partial charge in [0, 0.05) is 53.4 Å². The van der Waals surface area contributed by atoms with Crippen molar-refractivity contribution in [2.75, 3.05) is 34.3 Å². The van der Waals surface area contributed by atoms with Crippen LogP contribution in [0.2, 0.25) is 0 Å². The summed E-state index contributed by atoms with van der Waals surface area (Å²) >= 11 is 6.76. The number of nitrogens with zero attached hydrogens (tertiary/aromatic N) is 2. The molecule has 0 amide bonds. The quantitative estimate of drug-likeness (QED) is 0.310. The summed E-state index contributed by atoms with van der Waals surface area (Å²) in [5.74, 6) is 0.00454. The Morgan fingerprint density at radius 3 is 1.97 bits per heavy atom. The Balaban J connectivity index is 2.00. The maximum atomic E-state index is 11.1. The van der Waals surface area contributed by atoms with E-state index in [0.717, 1.165) is 8.95 Å². The van der Waals surface area contributed by atoms with Gasteiger partial charge in [-0.3, -0.25) is 4.79 Å². The molecular formula is C21H26Br2N2O5. The number of carbonyl (C=O) groups is 1. The number of methoxy groups -OCH3 is 1. The summed E-state index contributed by atoms with van der Waals surface area (Å²) in [5.41, 5.74) is 1.90. The van der Waals surface area contributed by atoms with Gasteiger partial charge in [0.05, 0.1) is 11.1 Å². The van der Waals surface area contributed by atoms with Crippen molar-refractivity contribution in [3.63, 3.8) is 0 Å². The number of hydrogen-bond acceptors (Lipinski definition) is 7. The van der Waals surface area contributed by atoms with Gasteiger partial charge in [-0.1, -0.05) is 31.9 Å². The van der Waals surface area contributed by atoms with Crippen LogP contribution >= 0.6 is 31.9 Å². The molecule has 2 aromatic carbocycles. The lowest BCUT2D eigenvalue weighted by atomic mass is 10.1. The molecule has 2 aromatic rings. The second-order valence-electron chi connectivity index (χ2n) is 7.19. The Morgan fingerprint density at radius 2 is 1.47 bits per heavy atom. The number of rotatable bonds is 10. The Morgan fingerprint density at radius 1 is 0.967 bits per heavy atom. The van der Waals surface area contributed by atoms with Crippen molar-refractivity contribution in [2.24, 2.45) is 0 Å². The number of ether oxygens (including phenoxy) is 1. The van der Waals surface area contributed by atoms with E-state index in [4.69, 9.17) is 4.74 Å². The van der Waals surface area contributed by atoms with Gasteiger partial charge in [0.1, 0.15) is 11.5 Å². The van der Waals surface area contributed by atoms with Gasteiger partial charge in [0.15, 0.2) is 12.6 Å². The SMILES string of the molecule is COC(O)c1cc(Br)cc(CN(C)CCN(C)Cc2cc(Br)cc(C=O)c2O)c1O. The number of carbonyl (C=O) groups excluding carboxylic acids is 1. The maximum Gasteiger partial charge on any atom is 0.184 e. The molecule has 0 saturated heterocycles. The topological polar surface area (TPSA) is 93.5 Å². The molecule has 0 saturated carbocycles. The van der Waals surface area contributed by atoms with E-state index < -0.39 is 6.29 Å². The van der Waals surface area contributed by atoms with E-state index in [1.807, 2.05) is 30.0 Å². The molecular weight excluding hydrogens is 520 g/mol. The van der Waals surface area contributed by atoms with Crippen LogP contribution in [0.1, 0.15) is 33.3 Å². The van der Waals surface area contributed by atoms with Gasteiger partial charge >= 0.3 is 0 Å². The molecule has 2 rings (SSSR count). The average Bonchev–Trinajstić information content (AvgIpc) is 2.70. The van der Waals surface area contributed by atoms with Gasteiger partial charge in [0.2, 0.25) is 0 Å². The molecule has 30 heavy (non-hydrogen) atoms. The minimum Gasteiger partial charge on any atom is -0.507 e. The predicted molar refractivity (Wildman–Crippen MR) is 122 cm³/mol. The van der Waals surface area contributed by atoms with Crippen molar-refractivity contribution in [1.82, 2.24) is 9.80 Å². The lowest BCUT2D eigenvalue weighted by molar-refractivity contribution is -0.0782. The summed E-state index contributed by atoms with van der Waals surface area (Å²) in [6.45, 7) is 2.34. The van der Waals surface area contributed by atoms with Crippen LogP contribution in [0.4, 0.5) is 0 Å². The second-order valence-corrected chi connectivity index (χ2v) is 9.02. The smallest absolute Gasteiger partial charge is 0.184 e. The number of benzene rings is 2. The Bertz CT molecular complexity index is 894. The van der Waals surface area contributed by atoms with Crippen LogP contribution in [0.5, 0.6) is 11.5 Å². The Kier molecular flexibility index (Phi) is 9.27. The van der Waals surface area contributed by atoms with Crippen molar-refractivity contribution < 1.29 is 24.9 Å². The highest BCUT2D eigenvalue weighted by Gasteiger charge is 2.17. The van der Waals surface area contributed by atoms with E-state index in [9.17, 15) is 20.1 Å². The third-order valence-electron chi connectivity index (χ3n) is 4.73. The molecule has 0 heterocycles. The molecule has 0 bridgehead atoms. The number of aliphatic hydroxyl groups excluding tert-OH is 1. The fraction of sp³-hybridized carbons (Fsp3) is 0.381. The number of aliphatic hydroxyl groups is 1. The summed E-state index contributed by atoms with van der Waals surface area (Å²) in [6.07, 6.45) is -0.566. The zero-order valence-corrected chi connectivity index (χ0v) is 20.3. The summed E-state index contributed by atoms with van der Waals surface area (Å²) in [5, 5.41) is 30.6. The number of halogens is 2. The minimum absolute atomic E-state index is 0.00306. The molecule has 0 fully saturated rings. The minimum atomic E-state index is -1.20. The first-order valence-corrected chi connectivity index (χ1v) is 10.8. The number of phenolic OH excluding ortho intramolecular Hbond substituents is 2. The Labute approximate surface area is 193 Å². The number of phenols is 2. The second kappa shape index (κ2) is 11.2. The van der Waals surface area contributed by atoms with Gasteiger partial charge in [0.25, 0.3) is 0 Å². The molecule has 3 N–H and O–H groups in total. The first-order chi connectivity index (χ1) is 14.2. The fourth-order valence-electron chi connectivity index (χ4n) is 3.08. The van der Waals surface area contributed by atoms with Crippen LogP contribution in [0.15, 0.2) is 33.2 Å². The molecule has 1 unspecified atom stereocenters. The number of likely N-dealkylation sites (N-methyl/N-ethyl adjacent to an activating group) is 2. The van der Waals surface area contributed by atoms with Crippen LogP contribution in [-0.4, -0.2) is 65.7 Å². The normalized spacial score (nSPS) is 12.5.